The van der Waals surface area contributed by atoms with Crippen molar-refractivity contribution in [2.75, 3.05) is 31.2 Å². The number of rotatable bonds is 5. The fraction of sp³-hybridized carbons (Fsp3) is 0.333. The van der Waals surface area contributed by atoms with E-state index < -0.39 is 9.85 Å². The summed E-state index contributed by atoms with van der Waals surface area (Å²) in [6, 6.07) is 5.21. The average Bonchev–Trinajstić information content (AvgIpc) is 2.62. The first kappa shape index (κ1) is 17.5. The molecule has 1 fully saturated rings. The van der Waals surface area contributed by atoms with Gasteiger partial charge in [0.05, 0.1) is 23.1 Å². The molecule has 0 bridgehead atoms. The number of non-ortho nitro benzene ring substituents is 1. The maximum absolute atomic E-state index is 11.4. The number of aromatic nitrogens is 2. The molecular weight excluding hydrogens is 346 g/mol. The third-order valence-electron chi connectivity index (χ3n) is 3.75. The Balaban J connectivity index is 1.95. The van der Waals surface area contributed by atoms with E-state index in [1.54, 1.807) is 0 Å². The molecule has 1 aliphatic rings. The molecule has 0 saturated carbocycles. The monoisotopic (exact) mass is 361 g/mol. The minimum Gasteiger partial charge on any atom is -0.434 e. The minimum atomic E-state index is -0.612. The zero-order chi connectivity index (χ0) is 18.7. The van der Waals surface area contributed by atoms with Gasteiger partial charge >= 0.3 is 11.6 Å². The number of hydrogen-bond donors (Lipinski definition) is 0. The van der Waals surface area contributed by atoms with Crippen LogP contribution in [0, 0.1) is 27.2 Å². The smallest absolute Gasteiger partial charge is 0.352 e. The predicted molar refractivity (Wildman–Crippen MR) is 89.6 cm³/mol. The largest absolute Gasteiger partial charge is 0.434 e. The first-order valence-electron chi connectivity index (χ1n) is 7.73. The van der Waals surface area contributed by atoms with Gasteiger partial charge in [0.15, 0.2) is 0 Å². The lowest BCUT2D eigenvalue weighted by Gasteiger charge is -2.27. The lowest BCUT2D eigenvalue weighted by atomic mass is 10.3. The van der Waals surface area contributed by atoms with E-state index in [2.05, 4.69) is 9.97 Å². The molecule has 0 spiro atoms. The fourth-order valence-electron chi connectivity index (χ4n) is 2.46. The van der Waals surface area contributed by atoms with E-state index in [0.29, 0.717) is 32.3 Å². The molecule has 2 heterocycles. The number of aryl methyl sites for hydroxylation is 1. The van der Waals surface area contributed by atoms with Crippen LogP contribution >= 0.6 is 0 Å². The van der Waals surface area contributed by atoms with Gasteiger partial charge in [0.1, 0.15) is 11.4 Å². The van der Waals surface area contributed by atoms with Crippen LogP contribution in [0.1, 0.15) is 5.69 Å². The number of benzene rings is 1. The highest BCUT2D eigenvalue weighted by Crippen LogP contribution is 2.33. The summed E-state index contributed by atoms with van der Waals surface area (Å²) in [5, 5.41) is 22.1. The summed E-state index contributed by atoms with van der Waals surface area (Å²) in [5.74, 6) is 0.302. The first-order valence-corrected chi connectivity index (χ1v) is 7.73. The third kappa shape index (κ3) is 3.67. The molecule has 2 aromatic rings. The highest BCUT2D eigenvalue weighted by molar-refractivity contribution is 5.51. The number of nitro groups is 2. The van der Waals surface area contributed by atoms with Crippen LogP contribution in [0.4, 0.5) is 17.3 Å². The van der Waals surface area contributed by atoms with Crippen molar-refractivity contribution in [1.82, 2.24) is 9.97 Å². The summed E-state index contributed by atoms with van der Waals surface area (Å²) in [6.07, 6.45) is 0. The molecule has 0 aliphatic carbocycles. The van der Waals surface area contributed by atoms with Gasteiger partial charge in [-0.3, -0.25) is 20.2 Å². The fourth-order valence-corrected chi connectivity index (χ4v) is 2.46. The molecular formula is C15H15N5O6. The van der Waals surface area contributed by atoms with Crippen molar-refractivity contribution >= 4 is 17.3 Å². The van der Waals surface area contributed by atoms with E-state index in [9.17, 15) is 20.2 Å². The minimum absolute atomic E-state index is 0.111. The summed E-state index contributed by atoms with van der Waals surface area (Å²) in [4.78, 5) is 31.2. The molecule has 1 aromatic heterocycles. The average molecular weight is 361 g/mol. The number of morpholine rings is 1. The summed E-state index contributed by atoms with van der Waals surface area (Å²) in [7, 11) is 0. The van der Waals surface area contributed by atoms with Gasteiger partial charge in [0.2, 0.25) is 5.95 Å². The number of hydrogen-bond acceptors (Lipinski definition) is 9. The molecule has 0 atom stereocenters. The van der Waals surface area contributed by atoms with Crippen LogP contribution in [0.15, 0.2) is 24.3 Å². The molecule has 136 valence electrons. The summed E-state index contributed by atoms with van der Waals surface area (Å²) in [5.41, 5.74) is -0.288. The molecule has 0 N–H and O–H groups in total. The van der Waals surface area contributed by atoms with E-state index in [1.807, 2.05) is 4.90 Å². The predicted octanol–water partition coefficient (Wildman–Crippen LogP) is 2.23. The van der Waals surface area contributed by atoms with Crippen molar-refractivity contribution < 1.29 is 19.3 Å². The van der Waals surface area contributed by atoms with Crippen LogP contribution in [0.2, 0.25) is 0 Å². The van der Waals surface area contributed by atoms with Crippen LogP contribution in [-0.4, -0.2) is 46.1 Å². The summed E-state index contributed by atoms with van der Waals surface area (Å²) >= 11 is 0. The number of anilines is 1. The quantitative estimate of drug-likeness (QED) is 0.580. The van der Waals surface area contributed by atoms with E-state index in [4.69, 9.17) is 9.47 Å². The van der Waals surface area contributed by atoms with Crippen LogP contribution < -0.4 is 9.64 Å². The summed E-state index contributed by atoms with van der Waals surface area (Å²) < 4.78 is 10.8. The first-order chi connectivity index (χ1) is 12.5. The third-order valence-corrected chi connectivity index (χ3v) is 3.75. The van der Waals surface area contributed by atoms with Crippen LogP contribution in [0.3, 0.4) is 0 Å². The SMILES string of the molecule is Cc1nc(N2CCOCC2)nc(Oc2ccc([N+](=O)[O-])cc2)c1[N+](=O)[O-]. The molecule has 0 radical (unpaired) electrons. The molecule has 26 heavy (non-hydrogen) atoms. The van der Waals surface area contributed by atoms with Crippen molar-refractivity contribution in [2.24, 2.45) is 0 Å². The van der Waals surface area contributed by atoms with Crippen molar-refractivity contribution in [3.05, 3.63) is 50.2 Å². The van der Waals surface area contributed by atoms with Crippen molar-refractivity contribution in [3.63, 3.8) is 0 Å². The zero-order valence-electron chi connectivity index (χ0n) is 13.8. The second-order valence-electron chi connectivity index (χ2n) is 5.47. The van der Waals surface area contributed by atoms with E-state index in [1.165, 1.54) is 31.2 Å². The summed E-state index contributed by atoms with van der Waals surface area (Å²) in [6.45, 7) is 3.66. The molecule has 11 heteroatoms. The van der Waals surface area contributed by atoms with E-state index in [0.717, 1.165) is 0 Å². The molecule has 1 saturated heterocycles. The number of ether oxygens (including phenoxy) is 2. The highest BCUT2D eigenvalue weighted by Gasteiger charge is 2.26. The van der Waals surface area contributed by atoms with Gasteiger partial charge in [-0.15, -0.1) is 0 Å². The Morgan fingerprint density at radius 1 is 1.08 bits per heavy atom. The molecule has 11 nitrogen and oxygen atoms in total. The van der Waals surface area contributed by atoms with E-state index >= 15 is 0 Å². The molecule has 0 unspecified atom stereocenters. The van der Waals surface area contributed by atoms with Gasteiger partial charge in [-0.2, -0.15) is 4.98 Å². The highest BCUT2D eigenvalue weighted by atomic mass is 16.6. The Morgan fingerprint density at radius 2 is 1.73 bits per heavy atom. The van der Waals surface area contributed by atoms with Crippen LogP contribution in [0.5, 0.6) is 11.6 Å². The lowest BCUT2D eigenvalue weighted by molar-refractivity contribution is -0.386. The number of nitrogens with zero attached hydrogens (tertiary/aromatic N) is 5. The van der Waals surface area contributed by atoms with Gasteiger partial charge in [-0.05, 0) is 19.1 Å². The Hall–Kier alpha value is -3.34. The lowest BCUT2D eigenvalue weighted by Crippen LogP contribution is -2.37. The molecule has 3 rings (SSSR count). The zero-order valence-corrected chi connectivity index (χ0v) is 13.8. The number of nitro benzene ring substituents is 1. The Morgan fingerprint density at radius 3 is 2.31 bits per heavy atom. The van der Waals surface area contributed by atoms with Crippen molar-refractivity contribution in [3.8, 4) is 11.6 Å². The second-order valence-corrected chi connectivity index (χ2v) is 5.47. The maximum atomic E-state index is 11.4. The molecule has 0 amide bonds. The van der Waals surface area contributed by atoms with Gasteiger partial charge < -0.3 is 14.4 Å². The van der Waals surface area contributed by atoms with Gasteiger partial charge in [-0.1, -0.05) is 0 Å². The van der Waals surface area contributed by atoms with Crippen LogP contribution in [-0.2, 0) is 4.74 Å². The molecule has 1 aromatic carbocycles. The van der Waals surface area contributed by atoms with E-state index in [-0.39, 0.29) is 28.7 Å². The standard InChI is InChI=1S/C15H15N5O6/c1-10-13(20(23)24)14(17-15(16-10)18-6-8-25-9-7-18)26-12-4-2-11(3-5-12)19(21)22/h2-5H,6-9H2,1H3. The van der Waals surface area contributed by atoms with Crippen molar-refractivity contribution in [2.45, 2.75) is 6.92 Å². The van der Waals surface area contributed by atoms with Gasteiger partial charge in [-0.25, -0.2) is 4.98 Å². The maximum Gasteiger partial charge on any atom is 0.352 e. The van der Waals surface area contributed by atoms with Crippen LogP contribution in [0.25, 0.3) is 0 Å². The normalized spacial score (nSPS) is 14.1. The van der Waals surface area contributed by atoms with Crippen molar-refractivity contribution in [1.29, 1.82) is 0 Å². The Kier molecular flexibility index (Phi) is 4.89. The van der Waals surface area contributed by atoms with Gasteiger partial charge in [0.25, 0.3) is 5.69 Å². The second kappa shape index (κ2) is 7.27. The molecule has 1 aliphatic heterocycles. The Labute approximate surface area is 147 Å². The topological polar surface area (TPSA) is 134 Å². The Bertz CT molecular complexity index is 835. The van der Waals surface area contributed by atoms with Gasteiger partial charge in [0, 0.05) is 25.2 Å².